The average molecular weight is 286 g/mol. The summed E-state index contributed by atoms with van der Waals surface area (Å²) in [7, 11) is 1.60. The van der Waals surface area contributed by atoms with Gasteiger partial charge in [0.25, 0.3) is 0 Å². The van der Waals surface area contributed by atoms with E-state index in [0.717, 1.165) is 13.0 Å². The largest absolute Gasteiger partial charge is 0.465 e. The van der Waals surface area contributed by atoms with E-state index < -0.39 is 6.09 Å². The predicted octanol–water partition coefficient (Wildman–Crippen LogP) is 0.622. The van der Waals surface area contributed by atoms with Crippen LogP contribution in [0.2, 0.25) is 0 Å². The standard InChI is InChI=1S/C5H12N2O.C3H8N2O2.3CH4.H2O/c1-3-4-7-5(8)6-2;4-1-2-5-3(6)7;;;;/h3-4H2,1-2H3,(H2,6,7,8);5H,1-2,4H2,(H,6,7);3*1H4;1H2. The van der Waals surface area contributed by atoms with Gasteiger partial charge in [0.2, 0.25) is 0 Å². The fourth-order valence-corrected chi connectivity index (χ4v) is 0.506. The van der Waals surface area contributed by atoms with Crippen molar-refractivity contribution in [2.45, 2.75) is 35.6 Å². The molecule has 0 heterocycles. The Morgan fingerprint density at radius 2 is 1.58 bits per heavy atom. The first kappa shape index (κ1) is 36.0. The van der Waals surface area contributed by atoms with Gasteiger partial charge >= 0.3 is 12.1 Å². The van der Waals surface area contributed by atoms with Crippen molar-refractivity contribution in [2.24, 2.45) is 5.73 Å². The molecule has 0 aromatic rings. The van der Waals surface area contributed by atoms with Crippen LogP contribution in [0, 0.1) is 0 Å². The molecule has 0 bridgehead atoms. The molecule has 8 nitrogen and oxygen atoms in total. The number of carbonyl (C=O) groups excluding carboxylic acids is 1. The van der Waals surface area contributed by atoms with Gasteiger partial charge in [-0.15, -0.1) is 0 Å². The lowest BCUT2D eigenvalue weighted by Crippen LogP contribution is -2.32. The van der Waals surface area contributed by atoms with E-state index in [0.29, 0.717) is 13.1 Å². The maximum Gasteiger partial charge on any atom is 0.404 e. The third-order valence-corrected chi connectivity index (χ3v) is 1.18. The second-order valence-electron chi connectivity index (χ2n) is 2.53. The molecule has 122 valence electrons. The summed E-state index contributed by atoms with van der Waals surface area (Å²) in [6.45, 7) is 3.44. The summed E-state index contributed by atoms with van der Waals surface area (Å²) >= 11 is 0. The van der Waals surface area contributed by atoms with Gasteiger partial charge < -0.3 is 32.3 Å². The monoisotopic (exact) mass is 286 g/mol. The van der Waals surface area contributed by atoms with Crippen LogP contribution in [0.3, 0.4) is 0 Å². The molecule has 0 fully saturated rings. The molecule has 0 aromatic heterocycles. The molecule has 0 aliphatic rings. The number of nitrogens with two attached hydrogens (primary N) is 1. The van der Waals surface area contributed by atoms with Crippen molar-refractivity contribution in [3.05, 3.63) is 0 Å². The van der Waals surface area contributed by atoms with Crippen LogP contribution >= 0.6 is 0 Å². The molecule has 8 N–H and O–H groups in total. The Kier molecular flexibility index (Phi) is 56.8. The molecule has 0 aliphatic carbocycles. The minimum Gasteiger partial charge on any atom is -0.465 e. The Hall–Kier alpha value is -1.54. The van der Waals surface area contributed by atoms with Crippen molar-refractivity contribution >= 4 is 12.1 Å². The molecule has 3 amide bonds. The van der Waals surface area contributed by atoms with Crippen LogP contribution in [0.5, 0.6) is 0 Å². The van der Waals surface area contributed by atoms with E-state index in [1.165, 1.54) is 0 Å². The van der Waals surface area contributed by atoms with E-state index >= 15 is 0 Å². The number of rotatable bonds is 4. The van der Waals surface area contributed by atoms with Crippen molar-refractivity contribution in [2.75, 3.05) is 26.7 Å². The SMILES string of the molecule is C.C.C.CCCNC(=O)NC.NCCNC(=O)O.O. The Balaban J connectivity index is -0.0000000369. The van der Waals surface area contributed by atoms with E-state index in [-0.39, 0.29) is 33.8 Å². The maximum atomic E-state index is 10.3. The quantitative estimate of drug-likeness (QED) is 0.515. The van der Waals surface area contributed by atoms with Gasteiger partial charge in [0.15, 0.2) is 0 Å². The van der Waals surface area contributed by atoms with Gasteiger partial charge in [0.1, 0.15) is 0 Å². The fraction of sp³-hybridized carbons (Fsp3) is 0.818. The molecule has 0 saturated heterocycles. The summed E-state index contributed by atoms with van der Waals surface area (Å²) in [6, 6.07) is -0.105. The summed E-state index contributed by atoms with van der Waals surface area (Å²) in [5, 5.41) is 15.0. The molecule has 0 saturated carbocycles. The highest BCUT2D eigenvalue weighted by Gasteiger charge is 1.89. The molecule has 0 radical (unpaired) electrons. The van der Waals surface area contributed by atoms with Crippen molar-refractivity contribution in [3.8, 4) is 0 Å². The Labute approximate surface area is 117 Å². The maximum absolute atomic E-state index is 10.3. The second-order valence-corrected chi connectivity index (χ2v) is 2.53. The van der Waals surface area contributed by atoms with E-state index in [4.69, 9.17) is 10.8 Å². The fourth-order valence-electron chi connectivity index (χ4n) is 0.506. The first-order chi connectivity index (χ1) is 7.08. The highest BCUT2D eigenvalue weighted by atomic mass is 16.4. The first-order valence-corrected chi connectivity index (χ1v) is 4.70. The van der Waals surface area contributed by atoms with Gasteiger partial charge in [-0.2, -0.15) is 0 Å². The summed E-state index contributed by atoms with van der Waals surface area (Å²) in [4.78, 5) is 19.9. The van der Waals surface area contributed by atoms with Crippen molar-refractivity contribution in [1.29, 1.82) is 0 Å². The zero-order chi connectivity index (χ0) is 12.1. The van der Waals surface area contributed by atoms with Crippen molar-refractivity contribution in [1.82, 2.24) is 16.0 Å². The zero-order valence-electron chi connectivity index (χ0n) is 9.67. The Bertz CT molecular complexity index is 180. The molecular formula is C11H34N4O4. The lowest BCUT2D eigenvalue weighted by Gasteiger charge is -1.98. The molecule has 0 aliphatic heterocycles. The van der Waals surface area contributed by atoms with Crippen LogP contribution in [0.1, 0.15) is 35.6 Å². The topological polar surface area (TPSA) is 148 Å². The van der Waals surface area contributed by atoms with Crippen LogP contribution in [-0.4, -0.2) is 49.4 Å². The molecule has 0 atom stereocenters. The Morgan fingerprint density at radius 1 is 1.11 bits per heavy atom. The summed E-state index contributed by atoms with van der Waals surface area (Å²) in [5.41, 5.74) is 4.95. The van der Waals surface area contributed by atoms with Crippen LogP contribution < -0.4 is 21.7 Å². The minimum absolute atomic E-state index is 0. The summed E-state index contributed by atoms with van der Waals surface area (Å²) < 4.78 is 0. The van der Waals surface area contributed by atoms with Gasteiger partial charge in [-0.25, -0.2) is 9.59 Å². The van der Waals surface area contributed by atoms with Crippen molar-refractivity contribution < 1.29 is 20.2 Å². The lowest BCUT2D eigenvalue weighted by molar-refractivity contribution is 0.195. The van der Waals surface area contributed by atoms with E-state index in [2.05, 4.69) is 16.0 Å². The van der Waals surface area contributed by atoms with Gasteiger partial charge in [-0.3, -0.25) is 0 Å². The van der Waals surface area contributed by atoms with E-state index in [9.17, 15) is 9.59 Å². The number of carboxylic acid groups (broad SMARTS) is 1. The molecule has 0 spiro atoms. The van der Waals surface area contributed by atoms with Gasteiger partial charge in [0, 0.05) is 26.7 Å². The molecule has 19 heavy (non-hydrogen) atoms. The average Bonchev–Trinajstić information content (AvgIpc) is 2.23. The number of hydrogen-bond donors (Lipinski definition) is 5. The van der Waals surface area contributed by atoms with Crippen LogP contribution in [-0.2, 0) is 0 Å². The number of nitrogens with one attached hydrogen (secondary N) is 3. The lowest BCUT2D eigenvalue weighted by atomic mass is 10.5. The summed E-state index contributed by atoms with van der Waals surface area (Å²) in [6.07, 6.45) is -0.0431. The minimum atomic E-state index is -1.02. The highest BCUT2D eigenvalue weighted by molar-refractivity contribution is 5.73. The normalized spacial score (nSPS) is 6.47. The van der Waals surface area contributed by atoms with Crippen LogP contribution in [0.25, 0.3) is 0 Å². The number of carbonyl (C=O) groups is 2. The number of hydrogen-bond acceptors (Lipinski definition) is 3. The first-order valence-electron chi connectivity index (χ1n) is 4.70. The smallest absolute Gasteiger partial charge is 0.404 e. The molecule has 8 heteroatoms. The van der Waals surface area contributed by atoms with E-state index in [1.807, 2.05) is 6.92 Å². The zero-order valence-corrected chi connectivity index (χ0v) is 9.67. The highest BCUT2D eigenvalue weighted by Crippen LogP contribution is 1.68. The van der Waals surface area contributed by atoms with Gasteiger partial charge in [-0.05, 0) is 6.42 Å². The molecule has 0 aromatic carbocycles. The molecular weight excluding hydrogens is 252 g/mol. The second kappa shape index (κ2) is 30.0. The third kappa shape index (κ3) is 48.1. The summed E-state index contributed by atoms with van der Waals surface area (Å²) in [5.74, 6) is 0. The predicted molar refractivity (Wildman–Crippen MR) is 81.6 cm³/mol. The van der Waals surface area contributed by atoms with Gasteiger partial charge in [-0.1, -0.05) is 29.2 Å². The van der Waals surface area contributed by atoms with Crippen LogP contribution in [0.4, 0.5) is 9.59 Å². The molecule has 0 unspecified atom stereocenters. The van der Waals surface area contributed by atoms with Crippen LogP contribution in [0.15, 0.2) is 0 Å². The third-order valence-electron chi connectivity index (χ3n) is 1.18. The van der Waals surface area contributed by atoms with Gasteiger partial charge in [0.05, 0.1) is 0 Å². The number of urea groups is 1. The van der Waals surface area contributed by atoms with Crippen molar-refractivity contribution in [3.63, 3.8) is 0 Å². The number of amides is 3. The van der Waals surface area contributed by atoms with E-state index in [1.54, 1.807) is 7.05 Å². The molecule has 0 rings (SSSR count). The Morgan fingerprint density at radius 3 is 1.79 bits per heavy atom.